The Morgan fingerprint density at radius 2 is 1.18 bits per heavy atom. The number of carbonyl (C=O) groups excluding carboxylic acids is 5. The van der Waals surface area contributed by atoms with Gasteiger partial charge in [-0.05, 0) is 102 Å². The number of hydrogen-bond donors (Lipinski definition) is 0. The number of aromatic nitrogens is 1. The van der Waals surface area contributed by atoms with Crippen LogP contribution in [0.15, 0.2) is 40.7 Å². The number of thiazole rings is 1. The molecule has 1 aliphatic heterocycles. The smallest absolute Gasteiger partial charge is 0.311 e. The molecule has 51 heavy (non-hydrogen) atoms. The molecule has 0 radical (unpaired) electrons. The van der Waals surface area contributed by atoms with Crippen LogP contribution in [0.3, 0.4) is 0 Å². The van der Waals surface area contributed by atoms with E-state index in [9.17, 15) is 24.0 Å². The molecule has 0 N–H and O–H groups in total. The number of ether oxygens (including phenoxy) is 5. The van der Waals surface area contributed by atoms with E-state index >= 15 is 0 Å². The van der Waals surface area contributed by atoms with E-state index in [4.69, 9.17) is 23.7 Å². The summed E-state index contributed by atoms with van der Waals surface area (Å²) in [5.41, 5.74) is -2.89. The number of amides is 1. The van der Waals surface area contributed by atoms with Gasteiger partial charge in [0.25, 0.3) is 5.91 Å². The number of aryl methyl sites for hydroxylation is 1. The highest BCUT2D eigenvalue weighted by molar-refractivity contribution is 7.07. The summed E-state index contributed by atoms with van der Waals surface area (Å²) < 4.78 is 32.5. The Morgan fingerprint density at radius 1 is 0.706 bits per heavy atom. The Bertz CT molecular complexity index is 1650. The van der Waals surface area contributed by atoms with Crippen molar-refractivity contribution in [2.75, 3.05) is 6.61 Å². The molecule has 0 bridgehead atoms. The fourth-order valence-electron chi connectivity index (χ4n) is 4.61. The van der Waals surface area contributed by atoms with Gasteiger partial charge in [-0.3, -0.25) is 28.5 Å². The maximum atomic E-state index is 13.7. The van der Waals surface area contributed by atoms with Gasteiger partial charge in [-0.2, -0.15) is 4.99 Å². The third-order valence-electron chi connectivity index (χ3n) is 7.82. The van der Waals surface area contributed by atoms with E-state index in [1.54, 1.807) is 123 Å². The molecule has 2 aromatic rings. The van der Waals surface area contributed by atoms with E-state index in [1.807, 2.05) is 6.92 Å². The lowest BCUT2D eigenvalue weighted by molar-refractivity contribution is -0.275. The average Bonchev–Trinajstić information content (AvgIpc) is 3.42. The molecular weight excluding hydrogens is 676 g/mol. The molecule has 0 aliphatic carbocycles. The summed E-state index contributed by atoms with van der Waals surface area (Å²) in [6.07, 6.45) is -6.29. The summed E-state index contributed by atoms with van der Waals surface area (Å²) in [7, 11) is 0. The van der Waals surface area contributed by atoms with Crippen LogP contribution < -0.4 is 4.80 Å². The number of benzene rings is 1. The van der Waals surface area contributed by atoms with Crippen molar-refractivity contribution < 1.29 is 47.7 Å². The number of rotatable bonds is 8. The second-order valence-corrected chi connectivity index (χ2v) is 17.6. The summed E-state index contributed by atoms with van der Waals surface area (Å²) in [5.74, 6) is -3.03. The van der Waals surface area contributed by atoms with Gasteiger partial charge in [-0.25, -0.2) is 0 Å². The second-order valence-electron chi connectivity index (χ2n) is 16.8. The van der Waals surface area contributed by atoms with E-state index in [0.717, 1.165) is 0 Å². The molecular formula is C38H54N2O10S. The summed E-state index contributed by atoms with van der Waals surface area (Å²) in [4.78, 5) is 72.0. The Morgan fingerprint density at radius 3 is 1.65 bits per heavy atom. The summed E-state index contributed by atoms with van der Waals surface area (Å²) >= 11 is 1.18. The van der Waals surface area contributed by atoms with Gasteiger partial charge in [0, 0.05) is 16.6 Å². The van der Waals surface area contributed by atoms with Gasteiger partial charge in [0.05, 0.1) is 21.7 Å². The van der Waals surface area contributed by atoms with Gasteiger partial charge < -0.3 is 23.7 Å². The van der Waals surface area contributed by atoms with E-state index in [1.165, 1.54) is 11.3 Å². The van der Waals surface area contributed by atoms with Crippen molar-refractivity contribution in [3.05, 3.63) is 51.8 Å². The normalized spacial score (nSPS) is 21.8. The quantitative estimate of drug-likeness (QED) is 0.227. The molecule has 1 fully saturated rings. The maximum absolute atomic E-state index is 13.7. The molecule has 13 heteroatoms. The lowest BCUT2D eigenvalue weighted by Crippen LogP contribution is -2.62. The van der Waals surface area contributed by atoms with Crippen LogP contribution in [0.2, 0.25) is 0 Å². The van der Waals surface area contributed by atoms with E-state index in [0.29, 0.717) is 17.7 Å². The molecule has 1 aromatic carbocycles. The Balaban J connectivity index is 2.36. The topological polar surface area (TPSA) is 149 Å². The highest BCUT2D eigenvalue weighted by Gasteiger charge is 2.55. The van der Waals surface area contributed by atoms with Crippen molar-refractivity contribution in [3.8, 4) is 0 Å². The zero-order valence-electron chi connectivity index (χ0n) is 32.2. The van der Waals surface area contributed by atoms with Gasteiger partial charge >= 0.3 is 23.9 Å². The van der Waals surface area contributed by atoms with Crippen LogP contribution in [0, 0.1) is 21.7 Å². The predicted octanol–water partition coefficient (Wildman–Crippen LogP) is 6.21. The van der Waals surface area contributed by atoms with Crippen LogP contribution in [0.4, 0.5) is 0 Å². The molecule has 3 rings (SSSR count). The molecule has 2 heterocycles. The van der Waals surface area contributed by atoms with Crippen molar-refractivity contribution in [1.29, 1.82) is 0 Å². The highest BCUT2D eigenvalue weighted by atomic mass is 32.1. The number of carbonyl (C=O) groups is 5. The van der Waals surface area contributed by atoms with Crippen molar-refractivity contribution in [2.45, 2.75) is 127 Å². The van der Waals surface area contributed by atoms with Crippen molar-refractivity contribution in [3.63, 3.8) is 0 Å². The standard InChI is InChI=1S/C38H54N2O10S/c1-14-23-21-51-34(39-28(41)22-18-16-15-17-19-22)40(23)29-27(50-33(45)38(11,12)13)26(49-32(44)37(8,9)10)25(48-31(43)36(5,6)7)24(47-29)20-46-30(42)35(2,3)4/h15-19,21,24-27,29H,14,20H2,1-13H3/t24-,25-,26+,27-,29-/m1/s1. The van der Waals surface area contributed by atoms with Crippen molar-refractivity contribution in [1.82, 2.24) is 4.57 Å². The summed E-state index contributed by atoms with van der Waals surface area (Å²) in [6, 6.07) is 8.53. The zero-order valence-corrected chi connectivity index (χ0v) is 33.0. The first-order valence-electron chi connectivity index (χ1n) is 17.1. The Kier molecular flexibility index (Phi) is 12.9. The lowest BCUT2D eigenvalue weighted by atomic mass is 9.92. The minimum Gasteiger partial charge on any atom is -0.462 e. The number of nitrogens with zero attached hydrogens (tertiary/aromatic N) is 2. The van der Waals surface area contributed by atoms with Crippen LogP contribution >= 0.6 is 11.3 Å². The third kappa shape index (κ3) is 10.6. The molecule has 12 nitrogen and oxygen atoms in total. The fourth-order valence-corrected chi connectivity index (χ4v) is 5.60. The molecule has 1 aromatic heterocycles. The average molecular weight is 731 g/mol. The Hall–Kier alpha value is -3.84. The molecule has 0 saturated carbocycles. The van der Waals surface area contributed by atoms with Gasteiger partial charge in [0.15, 0.2) is 29.3 Å². The van der Waals surface area contributed by atoms with Crippen LogP contribution in [0.5, 0.6) is 0 Å². The number of esters is 4. The van der Waals surface area contributed by atoms with Crippen LogP contribution in [-0.4, -0.2) is 65.4 Å². The first-order chi connectivity index (χ1) is 23.4. The van der Waals surface area contributed by atoms with Crippen molar-refractivity contribution in [2.24, 2.45) is 26.7 Å². The minimum atomic E-state index is -1.44. The molecule has 5 atom stereocenters. The molecule has 1 aliphatic rings. The monoisotopic (exact) mass is 730 g/mol. The van der Waals surface area contributed by atoms with Crippen LogP contribution in [0.1, 0.15) is 112 Å². The lowest BCUT2D eigenvalue weighted by Gasteiger charge is -2.46. The second kappa shape index (κ2) is 15.8. The van der Waals surface area contributed by atoms with Gasteiger partial charge in [-0.1, -0.05) is 25.1 Å². The molecule has 282 valence electrons. The SMILES string of the molecule is CCc1csc(=NC(=O)c2ccccc2)n1[C@@H]1O[C@H](COC(=O)C(C)(C)C)[C@@H](OC(=O)C(C)(C)C)[C@H](OC(=O)C(C)(C)C)[C@H]1OC(=O)C(C)(C)C. The minimum absolute atomic E-state index is 0.221. The summed E-state index contributed by atoms with van der Waals surface area (Å²) in [6.45, 7) is 21.6. The first kappa shape index (κ1) is 41.6. The van der Waals surface area contributed by atoms with Gasteiger partial charge in [0.2, 0.25) is 0 Å². The molecule has 0 spiro atoms. The van der Waals surface area contributed by atoms with Crippen LogP contribution in [0.25, 0.3) is 0 Å². The zero-order chi connectivity index (χ0) is 38.7. The van der Waals surface area contributed by atoms with E-state index in [-0.39, 0.29) is 4.80 Å². The molecule has 0 unspecified atom stereocenters. The maximum Gasteiger partial charge on any atom is 0.311 e. The molecule has 1 saturated heterocycles. The fraction of sp³-hybridized carbons (Fsp3) is 0.632. The van der Waals surface area contributed by atoms with Gasteiger partial charge in [-0.15, -0.1) is 11.3 Å². The van der Waals surface area contributed by atoms with Gasteiger partial charge in [0.1, 0.15) is 12.7 Å². The van der Waals surface area contributed by atoms with Crippen LogP contribution in [-0.2, 0) is 49.3 Å². The first-order valence-corrected chi connectivity index (χ1v) is 18.0. The van der Waals surface area contributed by atoms with Crippen molar-refractivity contribution >= 4 is 41.1 Å². The third-order valence-corrected chi connectivity index (χ3v) is 8.71. The highest BCUT2D eigenvalue weighted by Crippen LogP contribution is 2.38. The van der Waals surface area contributed by atoms with E-state index in [2.05, 4.69) is 4.99 Å². The summed E-state index contributed by atoms with van der Waals surface area (Å²) in [5, 5.41) is 1.81. The largest absolute Gasteiger partial charge is 0.462 e. The molecule has 1 amide bonds. The number of hydrogen-bond acceptors (Lipinski definition) is 11. The Labute approximate surface area is 304 Å². The predicted molar refractivity (Wildman–Crippen MR) is 190 cm³/mol. The van der Waals surface area contributed by atoms with E-state index < -0.39 is 88.7 Å².